The van der Waals surface area contributed by atoms with E-state index in [-0.39, 0.29) is 17.5 Å². The Kier molecular flexibility index (Phi) is 2.14. The monoisotopic (exact) mass is 192 g/mol. The van der Waals surface area contributed by atoms with Crippen LogP contribution in [-0.4, -0.2) is 5.78 Å². The summed E-state index contributed by atoms with van der Waals surface area (Å²) in [5, 5.41) is 0. The van der Waals surface area contributed by atoms with Gasteiger partial charge in [0.25, 0.3) is 0 Å². The Morgan fingerprint density at radius 3 is 2.86 bits per heavy atom. The third kappa shape index (κ3) is 1.35. The Bertz CT molecular complexity index is 396. The van der Waals surface area contributed by atoms with E-state index in [1.807, 2.05) is 6.92 Å². The first-order chi connectivity index (χ1) is 6.59. The number of benzene rings is 1. The molecule has 1 unspecified atom stereocenters. The van der Waals surface area contributed by atoms with Gasteiger partial charge in [0, 0.05) is 11.5 Å². The van der Waals surface area contributed by atoms with Crippen molar-refractivity contribution in [3.63, 3.8) is 0 Å². The number of hydrogen-bond acceptors (Lipinski definition) is 1. The Morgan fingerprint density at radius 2 is 2.14 bits per heavy atom. The van der Waals surface area contributed by atoms with Gasteiger partial charge in [-0.1, -0.05) is 6.92 Å². The van der Waals surface area contributed by atoms with Gasteiger partial charge in [0.2, 0.25) is 0 Å². The normalized spacial score (nSPS) is 20.8. The number of aryl methyl sites for hydroxylation is 2. The van der Waals surface area contributed by atoms with Crippen LogP contribution in [0.15, 0.2) is 12.1 Å². The maximum Gasteiger partial charge on any atom is 0.165 e. The zero-order valence-electron chi connectivity index (χ0n) is 8.43. The Balaban J connectivity index is 2.56. The van der Waals surface area contributed by atoms with Crippen LogP contribution in [0.1, 0.15) is 34.8 Å². The Labute approximate surface area is 82.9 Å². The summed E-state index contributed by atoms with van der Waals surface area (Å²) in [5.74, 6) is 0.0489. The molecule has 0 saturated heterocycles. The van der Waals surface area contributed by atoms with E-state index in [0.717, 1.165) is 24.0 Å². The van der Waals surface area contributed by atoms with Crippen molar-refractivity contribution in [3.8, 4) is 0 Å². The van der Waals surface area contributed by atoms with Gasteiger partial charge in [-0.05, 0) is 43.0 Å². The third-order valence-corrected chi connectivity index (χ3v) is 2.94. The molecule has 0 heterocycles. The van der Waals surface area contributed by atoms with E-state index >= 15 is 0 Å². The standard InChI is InChI=1S/C12H13FO/c1-7-3-4-9-6-11(13)8(2)5-10(9)12(7)14/h5-7H,3-4H2,1-2H3. The zero-order chi connectivity index (χ0) is 10.3. The van der Waals surface area contributed by atoms with Crippen LogP contribution in [0, 0.1) is 18.7 Å². The first kappa shape index (κ1) is 9.38. The molecule has 2 rings (SSSR count). The summed E-state index contributed by atoms with van der Waals surface area (Å²) in [5.41, 5.74) is 2.16. The van der Waals surface area contributed by atoms with Crippen molar-refractivity contribution in [2.45, 2.75) is 26.7 Å². The summed E-state index contributed by atoms with van der Waals surface area (Å²) >= 11 is 0. The molecule has 14 heavy (non-hydrogen) atoms. The highest BCUT2D eigenvalue weighted by atomic mass is 19.1. The average molecular weight is 192 g/mol. The van der Waals surface area contributed by atoms with Crippen LogP contribution in [0.3, 0.4) is 0 Å². The van der Waals surface area contributed by atoms with Crippen LogP contribution in [0.25, 0.3) is 0 Å². The van der Waals surface area contributed by atoms with Crippen molar-refractivity contribution < 1.29 is 9.18 Å². The van der Waals surface area contributed by atoms with Gasteiger partial charge in [-0.3, -0.25) is 4.79 Å². The molecule has 1 atom stereocenters. The van der Waals surface area contributed by atoms with Gasteiger partial charge in [-0.2, -0.15) is 0 Å². The van der Waals surface area contributed by atoms with Gasteiger partial charge in [0.15, 0.2) is 5.78 Å². The lowest BCUT2D eigenvalue weighted by molar-refractivity contribution is 0.0913. The third-order valence-electron chi connectivity index (χ3n) is 2.94. The quantitative estimate of drug-likeness (QED) is 0.617. The molecule has 0 saturated carbocycles. The molecule has 0 aliphatic heterocycles. The number of hydrogen-bond donors (Lipinski definition) is 0. The minimum Gasteiger partial charge on any atom is -0.294 e. The van der Waals surface area contributed by atoms with Crippen LogP contribution < -0.4 is 0 Å². The van der Waals surface area contributed by atoms with Gasteiger partial charge in [-0.15, -0.1) is 0 Å². The molecule has 74 valence electrons. The van der Waals surface area contributed by atoms with Crippen LogP contribution >= 0.6 is 0 Å². The van der Waals surface area contributed by atoms with Crippen molar-refractivity contribution in [1.29, 1.82) is 0 Å². The molecule has 1 aromatic carbocycles. The first-order valence-electron chi connectivity index (χ1n) is 4.93. The maximum absolute atomic E-state index is 13.2. The highest BCUT2D eigenvalue weighted by Crippen LogP contribution is 2.27. The van der Waals surface area contributed by atoms with Gasteiger partial charge < -0.3 is 0 Å². The Hall–Kier alpha value is -1.18. The summed E-state index contributed by atoms with van der Waals surface area (Å²) in [6, 6.07) is 3.19. The Morgan fingerprint density at radius 1 is 1.43 bits per heavy atom. The topological polar surface area (TPSA) is 17.1 Å². The van der Waals surface area contributed by atoms with E-state index in [4.69, 9.17) is 0 Å². The van der Waals surface area contributed by atoms with E-state index in [0.29, 0.717) is 5.56 Å². The minimum absolute atomic E-state index is 0.0901. The fourth-order valence-corrected chi connectivity index (χ4v) is 1.93. The van der Waals surface area contributed by atoms with E-state index in [1.165, 1.54) is 6.07 Å². The average Bonchev–Trinajstić information content (AvgIpc) is 2.15. The largest absolute Gasteiger partial charge is 0.294 e. The van der Waals surface area contributed by atoms with Crippen molar-refractivity contribution in [2.24, 2.45) is 5.92 Å². The summed E-state index contributed by atoms with van der Waals surface area (Å²) in [4.78, 5) is 11.8. The predicted octanol–water partition coefficient (Wildman–Crippen LogP) is 2.90. The second-order valence-electron chi connectivity index (χ2n) is 4.06. The van der Waals surface area contributed by atoms with Crippen LogP contribution in [0.2, 0.25) is 0 Å². The molecule has 0 fully saturated rings. The lowest BCUT2D eigenvalue weighted by Gasteiger charge is -2.20. The van der Waals surface area contributed by atoms with E-state index < -0.39 is 0 Å². The highest BCUT2D eigenvalue weighted by molar-refractivity contribution is 6.00. The second kappa shape index (κ2) is 3.19. The molecule has 0 bridgehead atoms. The summed E-state index contributed by atoms with van der Waals surface area (Å²) in [6.45, 7) is 3.63. The smallest absolute Gasteiger partial charge is 0.165 e. The molecule has 0 amide bonds. The second-order valence-corrected chi connectivity index (χ2v) is 4.06. The van der Waals surface area contributed by atoms with E-state index in [1.54, 1.807) is 13.0 Å². The number of ketones is 1. The first-order valence-corrected chi connectivity index (χ1v) is 4.93. The molecular formula is C12H13FO. The van der Waals surface area contributed by atoms with Crippen LogP contribution in [0.5, 0.6) is 0 Å². The van der Waals surface area contributed by atoms with Crippen molar-refractivity contribution >= 4 is 5.78 Å². The number of carbonyl (C=O) groups is 1. The predicted molar refractivity (Wildman–Crippen MR) is 53.0 cm³/mol. The number of rotatable bonds is 0. The molecule has 0 spiro atoms. The lowest BCUT2D eigenvalue weighted by Crippen LogP contribution is -2.20. The summed E-state index contributed by atoms with van der Waals surface area (Å²) in [6.07, 6.45) is 1.66. The van der Waals surface area contributed by atoms with Crippen LogP contribution in [-0.2, 0) is 6.42 Å². The molecule has 1 aromatic rings. The molecule has 0 N–H and O–H groups in total. The fourth-order valence-electron chi connectivity index (χ4n) is 1.93. The van der Waals surface area contributed by atoms with E-state index in [9.17, 15) is 9.18 Å². The zero-order valence-corrected chi connectivity index (χ0v) is 8.43. The maximum atomic E-state index is 13.2. The van der Waals surface area contributed by atoms with Crippen molar-refractivity contribution in [3.05, 3.63) is 34.6 Å². The lowest BCUT2D eigenvalue weighted by atomic mass is 9.83. The van der Waals surface area contributed by atoms with Gasteiger partial charge in [0.05, 0.1) is 0 Å². The molecule has 1 nitrogen and oxygen atoms in total. The highest BCUT2D eigenvalue weighted by Gasteiger charge is 2.24. The van der Waals surface area contributed by atoms with Crippen LogP contribution in [0.4, 0.5) is 4.39 Å². The molecular weight excluding hydrogens is 179 g/mol. The molecule has 1 aliphatic rings. The molecule has 1 aliphatic carbocycles. The summed E-state index contributed by atoms with van der Waals surface area (Å²) in [7, 11) is 0. The number of Topliss-reactive ketones (excluding diaryl/α,β-unsaturated/α-hetero) is 1. The van der Waals surface area contributed by atoms with Gasteiger partial charge >= 0.3 is 0 Å². The van der Waals surface area contributed by atoms with E-state index in [2.05, 4.69) is 0 Å². The SMILES string of the molecule is Cc1cc2c(cc1F)CCC(C)C2=O. The minimum atomic E-state index is -0.203. The molecule has 0 radical (unpaired) electrons. The van der Waals surface area contributed by atoms with Crippen molar-refractivity contribution in [1.82, 2.24) is 0 Å². The fraction of sp³-hybridized carbons (Fsp3) is 0.417. The summed E-state index contributed by atoms with van der Waals surface area (Å²) < 4.78 is 13.2. The van der Waals surface area contributed by atoms with Gasteiger partial charge in [0.1, 0.15) is 5.82 Å². The number of halogens is 1. The molecule has 0 aromatic heterocycles. The molecule has 2 heteroatoms. The van der Waals surface area contributed by atoms with Gasteiger partial charge in [-0.25, -0.2) is 4.39 Å². The number of fused-ring (bicyclic) bond motifs is 1. The van der Waals surface area contributed by atoms with Crippen molar-refractivity contribution in [2.75, 3.05) is 0 Å². The number of carbonyl (C=O) groups excluding carboxylic acids is 1.